The van der Waals surface area contributed by atoms with Gasteiger partial charge in [-0.2, -0.15) is 0 Å². The Morgan fingerprint density at radius 2 is 1.85 bits per heavy atom. The average molecular weight is 181 g/mol. The van der Waals surface area contributed by atoms with E-state index in [0.717, 1.165) is 6.42 Å². The van der Waals surface area contributed by atoms with E-state index in [1.807, 2.05) is 0 Å². The second kappa shape index (κ2) is 3.24. The summed E-state index contributed by atoms with van der Waals surface area (Å²) in [5, 5.41) is 0. The maximum atomic E-state index is 13.2. The minimum Gasteiger partial charge on any atom is -0.289 e. The molecule has 0 amide bonds. The highest BCUT2D eigenvalue weighted by Gasteiger charge is 2.16. The van der Waals surface area contributed by atoms with Gasteiger partial charge < -0.3 is 0 Å². The van der Waals surface area contributed by atoms with E-state index in [1.54, 1.807) is 0 Å². The zero-order valence-corrected chi connectivity index (χ0v) is 7.06. The first-order chi connectivity index (χ1) is 6.29. The lowest BCUT2D eigenvalue weighted by Crippen LogP contribution is -2.03. The van der Waals surface area contributed by atoms with Crippen molar-refractivity contribution in [2.45, 2.75) is 12.8 Å². The molecule has 68 valence electrons. The van der Waals surface area contributed by atoms with Gasteiger partial charge in [0.25, 0.3) is 0 Å². The van der Waals surface area contributed by atoms with Crippen molar-refractivity contribution in [3.63, 3.8) is 0 Å². The van der Waals surface area contributed by atoms with Crippen molar-refractivity contribution in [2.24, 2.45) is 4.99 Å². The van der Waals surface area contributed by atoms with Crippen molar-refractivity contribution in [1.82, 2.24) is 0 Å². The minimum absolute atomic E-state index is 0.0556. The monoisotopic (exact) mass is 181 g/mol. The highest BCUT2D eigenvalue weighted by atomic mass is 19.1. The van der Waals surface area contributed by atoms with Crippen LogP contribution in [0.4, 0.5) is 8.78 Å². The van der Waals surface area contributed by atoms with Crippen LogP contribution in [0.5, 0.6) is 0 Å². The molecule has 0 bridgehead atoms. The number of benzene rings is 1. The lowest BCUT2D eigenvalue weighted by atomic mass is 10.1. The van der Waals surface area contributed by atoms with E-state index >= 15 is 0 Å². The van der Waals surface area contributed by atoms with Gasteiger partial charge in [-0.3, -0.25) is 4.99 Å². The fourth-order valence-electron chi connectivity index (χ4n) is 1.52. The predicted molar refractivity (Wildman–Crippen MR) is 47.0 cm³/mol. The lowest BCUT2D eigenvalue weighted by molar-refractivity contribution is 0.578. The van der Waals surface area contributed by atoms with Crippen LogP contribution in [-0.2, 0) is 0 Å². The summed E-state index contributed by atoms with van der Waals surface area (Å²) in [7, 11) is 0. The normalized spacial score (nSPS) is 16.0. The van der Waals surface area contributed by atoms with Crippen molar-refractivity contribution in [2.75, 3.05) is 6.54 Å². The molecule has 0 N–H and O–H groups in total. The van der Waals surface area contributed by atoms with Crippen molar-refractivity contribution in [1.29, 1.82) is 0 Å². The van der Waals surface area contributed by atoms with Gasteiger partial charge in [0.05, 0.1) is 5.56 Å². The van der Waals surface area contributed by atoms with Gasteiger partial charge in [-0.05, 0) is 25.0 Å². The molecule has 0 radical (unpaired) electrons. The van der Waals surface area contributed by atoms with Crippen LogP contribution in [0, 0.1) is 11.6 Å². The zero-order chi connectivity index (χ0) is 9.26. The van der Waals surface area contributed by atoms with Crippen LogP contribution < -0.4 is 0 Å². The van der Waals surface area contributed by atoms with E-state index < -0.39 is 11.6 Å². The topological polar surface area (TPSA) is 12.4 Å². The smallest absolute Gasteiger partial charge is 0.135 e. The summed E-state index contributed by atoms with van der Waals surface area (Å²) in [6.45, 7) is 0.684. The highest BCUT2D eigenvalue weighted by Crippen LogP contribution is 2.18. The molecule has 13 heavy (non-hydrogen) atoms. The van der Waals surface area contributed by atoms with E-state index in [1.165, 1.54) is 18.2 Å². The van der Waals surface area contributed by atoms with Crippen molar-refractivity contribution >= 4 is 5.71 Å². The molecule has 0 atom stereocenters. The first-order valence-corrected chi connectivity index (χ1v) is 4.27. The van der Waals surface area contributed by atoms with Crippen LogP contribution in [0.15, 0.2) is 23.2 Å². The second-order valence-corrected chi connectivity index (χ2v) is 3.03. The summed E-state index contributed by atoms with van der Waals surface area (Å²) in [5.41, 5.74) is 0.621. The molecular weight excluding hydrogens is 172 g/mol. The Labute approximate surface area is 75.1 Å². The molecule has 0 aliphatic carbocycles. The Kier molecular flexibility index (Phi) is 2.08. The van der Waals surface area contributed by atoms with Crippen molar-refractivity contribution in [3.8, 4) is 0 Å². The van der Waals surface area contributed by atoms with E-state index in [-0.39, 0.29) is 5.56 Å². The molecule has 1 heterocycles. The zero-order valence-electron chi connectivity index (χ0n) is 7.06. The maximum Gasteiger partial charge on any atom is 0.135 e. The molecule has 3 heteroatoms. The van der Waals surface area contributed by atoms with Crippen LogP contribution >= 0.6 is 0 Å². The van der Waals surface area contributed by atoms with Gasteiger partial charge in [0, 0.05) is 12.3 Å². The quantitative estimate of drug-likeness (QED) is 0.631. The third-order valence-corrected chi connectivity index (χ3v) is 2.13. The molecule has 1 nitrogen and oxygen atoms in total. The first kappa shape index (κ1) is 8.35. The third kappa shape index (κ3) is 1.46. The SMILES string of the molecule is Fc1cccc(F)c1C1=NCCC1. The Morgan fingerprint density at radius 1 is 1.15 bits per heavy atom. The van der Waals surface area contributed by atoms with Gasteiger partial charge >= 0.3 is 0 Å². The molecule has 1 aliphatic heterocycles. The summed E-state index contributed by atoms with van der Waals surface area (Å²) in [6, 6.07) is 3.89. The molecule has 0 unspecified atom stereocenters. The number of aliphatic imine (C=N–C) groups is 1. The summed E-state index contributed by atoms with van der Waals surface area (Å²) < 4.78 is 26.4. The van der Waals surface area contributed by atoms with Crippen molar-refractivity contribution < 1.29 is 8.78 Å². The predicted octanol–water partition coefficient (Wildman–Crippen LogP) is 2.55. The molecule has 0 spiro atoms. The Balaban J connectivity index is 2.49. The maximum absolute atomic E-state index is 13.2. The summed E-state index contributed by atoms with van der Waals surface area (Å²) >= 11 is 0. The Hall–Kier alpha value is -1.25. The van der Waals surface area contributed by atoms with Gasteiger partial charge in [0.15, 0.2) is 0 Å². The fraction of sp³-hybridized carbons (Fsp3) is 0.300. The summed E-state index contributed by atoms with van der Waals surface area (Å²) in [4.78, 5) is 4.06. The number of halogens is 2. The average Bonchev–Trinajstić information content (AvgIpc) is 2.57. The standard InChI is InChI=1S/C10H9F2N/c11-7-3-1-4-8(12)10(7)9-5-2-6-13-9/h1,3-4H,2,5-6H2. The summed E-state index contributed by atoms with van der Waals surface area (Å²) in [6.07, 6.45) is 1.57. The fourth-order valence-corrected chi connectivity index (χ4v) is 1.52. The number of rotatable bonds is 1. The van der Waals surface area contributed by atoms with Gasteiger partial charge in [-0.25, -0.2) is 8.78 Å². The molecule has 2 rings (SSSR count). The highest BCUT2D eigenvalue weighted by molar-refractivity contribution is 6.01. The number of hydrogen-bond donors (Lipinski definition) is 0. The van der Waals surface area contributed by atoms with Gasteiger partial charge in [-0.15, -0.1) is 0 Å². The molecule has 0 fully saturated rings. The number of nitrogens with zero attached hydrogens (tertiary/aromatic N) is 1. The molecule has 1 aliphatic rings. The molecule has 1 aromatic carbocycles. The largest absolute Gasteiger partial charge is 0.289 e. The van der Waals surface area contributed by atoms with E-state index in [0.29, 0.717) is 18.7 Å². The molecule has 0 saturated carbocycles. The molecule has 0 saturated heterocycles. The van der Waals surface area contributed by atoms with Crippen LogP contribution in [0.2, 0.25) is 0 Å². The van der Waals surface area contributed by atoms with Gasteiger partial charge in [0.1, 0.15) is 11.6 Å². The lowest BCUT2D eigenvalue weighted by Gasteiger charge is -2.03. The minimum atomic E-state index is -0.513. The molecule has 1 aromatic rings. The van der Waals surface area contributed by atoms with E-state index in [9.17, 15) is 8.78 Å². The van der Waals surface area contributed by atoms with Crippen LogP contribution in [0.1, 0.15) is 18.4 Å². The van der Waals surface area contributed by atoms with Crippen LogP contribution in [-0.4, -0.2) is 12.3 Å². The first-order valence-electron chi connectivity index (χ1n) is 4.27. The third-order valence-electron chi connectivity index (χ3n) is 2.13. The van der Waals surface area contributed by atoms with E-state index in [4.69, 9.17) is 0 Å². The Bertz CT molecular complexity index is 338. The van der Waals surface area contributed by atoms with Crippen LogP contribution in [0.3, 0.4) is 0 Å². The van der Waals surface area contributed by atoms with Gasteiger partial charge in [0.2, 0.25) is 0 Å². The van der Waals surface area contributed by atoms with Crippen molar-refractivity contribution in [3.05, 3.63) is 35.4 Å². The Morgan fingerprint density at radius 3 is 2.38 bits per heavy atom. The van der Waals surface area contributed by atoms with Gasteiger partial charge in [-0.1, -0.05) is 6.07 Å². The number of hydrogen-bond acceptors (Lipinski definition) is 1. The summed E-state index contributed by atoms with van der Waals surface area (Å²) in [5.74, 6) is -1.03. The van der Waals surface area contributed by atoms with Crippen LogP contribution in [0.25, 0.3) is 0 Å². The second-order valence-electron chi connectivity index (χ2n) is 3.03. The van der Waals surface area contributed by atoms with E-state index in [2.05, 4.69) is 4.99 Å². The molecule has 0 aromatic heterocycles. The molecular formula is C10H9F2N.